The Morgan fingerprint density at radius 3 is 2.26 bits per heavy atom. The van der Waals surface area contributed by atoms with Crippen molar-refractivity contribution in [2.24, 2.45) is 16.5 Å². The van der Waals surface area contributed by atoms with E-state index >= 15 is 0 Å². The average molecular weight is 560 g/mol. The molecule has 2 unspecified atom stereocenters. The van der Waals surface area contributed by atoms with E-state index in [-0.39, 0.29) is 5.69 Å². The topological polar surface area (TPSA) is 180 Å². The van der Waals surface area contributed by atoms with E-state index in [0.29, 0.717) is 22.2 Å². The van der Waals surface area contributed by atoms with Crippen LogP contribution in [0, 0.1) is 0 Å². The fraction of sp³-hybridized carbons (Fsp3) is 0.238. The molecular formula is C21H21BrF3N5O5. The molecule has 0 spiro atoms. The summed E-state index contributed by atoms with van der Waals surface area (Å²) in [6.07, 6.45) is -6.81. The van der Waals surface area contributed by atoms with Crippen molar-refractivity contribution in [1.82, 2.24) is 10.6 Å². The number of aliphatic carboxylic acids is 1. The summed E-state index contributed by atoms with van der Waals surface area (Å²) in [4.78, 5) is 39.4. The number of hydrogen-bond acceptors (Lipinski definition) is 5. The molecule has 0 saturated carbocycles. The second-order valence-corrected chi connectivity index (χ2v) is 8.17. The second kappa shape index (κ2) is 11.7. The van der Waals surface area contributed by atoms with Gasteiger partial charge in [0, 0.05) is 10.0 Å². The van der Waals surface area contributed by atoms with E-state index in [0.717, 1.165) is 6.07 Å². The number of carboxylic acid groups (broad SMARTS) is 1. The average Bonchev–Trinajstić information content (AvgIpc) is 2.75. The van der Waals surface area contributed by atoms with E-state index in [9.17, 15) is 32.7 Å². The van der Waals surface area contributed by atoms with Gasteiger partial charge in [0.2, 0.25) is 5.91 Å². The fourth-order valence-corrected chi connectivity index (χ4v) is 3.23. The summed E-state index contributed by atoms with van der Waals surface area (Å²) in [5.41, 5.74) is 8.74. The summed E-state index contributed by atoms with van der Waals surface area (Å²) in [7, 11) is 0. The van der Waals surface area contributed by atoms with Crippen molar-refractivity contribution in [3.63, 3.8) is 0 Å². The molecule has 2 rings (SSSR count). The Hall–Kier alpha value is -3.65. The number of aliphatic hydroxyl groups excluding tert-OH is 1. The molecule has 0 radical (unpaired) electrons. The third-order valence-electron chi connectivity index (χ3n) is 4.51. The van der Waals surface area contributed by atoms with Gasteiger partial charge in [-0.15, -0.1) is 0 Å². The van der Waals surface area contributed by atoms with Gasteiger partial charge in [-0.25, -0.2) is 4.99 Å². The zero-order valence-electron chi connectivity index (χ0n) is 17.8. The Morgan fingerprint density at radius 1 is 1.09 bits per heavy atom. The maximum Gasteiger partial charge on any atom is 0.416 e. The lowest BCUT2D eigenvalue weighted by molar-refractivity contribution is -0.139. The molecule has 14 heteroatoms. The number of guanidine groups is 1. The summed E-state index contributed by atoms with van der Waals surface area (Å²) in [5.74, 6) is -3.74. The van der Waals surface area contributed by atoms with Crippen LogP contribution >= 0.6 is 15.9 Å². The number of benzene rings is 2. The van der Waals surface area contributed by atoms with Gasteiger partial charge in [-0.2, -0.15) is 13.2 Å². The predicted octanol–water partition coefficient (Wildman–Crippen LogP) is 1.80. The molecule has 0 heterocycles. The molecule has 0 fully saturated rings. The number of nitrogens with zero attached hydrogens (tertiary/aromatic N) is 1. The van der Waals surface area contributed by atoms with Gasteiger partial charge in [0.1, 0.15) is 0 Å². The number of nitrogens with one attached hydrogen (secondary N) is 2. The zero-order valence-corrected chi connectivity index (χ0v) is 19.4. The molecule has 0 aliphatic rings. The van der Waals surface area contributed by atoms with Crippen molar-refractivity contribution in [2.75, 3.05) is 6.54 Å². The first-order chi connectivity index (χ1) is 16.3. The number of halogens is 4. The van der Waals surface area contributed by atoms with Crippen LogP contribution in [0.1, 0.15) is 34.0 Å². The molecule has 35 heavy (non-hydrogen) atoms. The number of amides is 2. The summed E-state index contributed by atoms with van der Waals surface area (Å²) in [6.45, 7) is -0.712. The minimum Gasteiger partial charge on any atom is -0.481 e. The van der Waals surface area contributed by atoms with Crippen molar-refractivity contribution in [3.8, 4) is 0 Å². The highest BCUT2D eigenvalue weighted by Gasteiger charge is 2.32. The highest BCUT2D eigenvalue weighted by molar-refractivity contribution is 9.10. The van der Waals surface area contributed by atoms with Crippen molar-refractivity contribution >= 4 is 45.4 Å². The molecule has 0 bridgehead atoms. The predicted molar refractivity (Wildman–Crippen MR) is 123 cm³/mol. The highest BCUT2D eigenvalue weighted by atomic mass is 79.9. The Morgan fingerprint density at radius 2 is 1.71 bits per heavy atom. The van der Waals surface area contributed by atoms with Crippen LogP contribution in [0.25, 0.3) is 0 Å². The van der Waals surface area contributed by atoms with Crippen LogP contribution in [0.15, 0.2) is 51.9 Å². The number of hydrogen-bond donors (Lipinski definition) is 6. The van der Waals surface area contributed by atoms with Gasteiger partial charge in [0.15, 0.2) is 5.96 Å². The smallest absolute Gasteiger partial charge is 0.416 e. The Balaban J connectivity index is 2.13. The number of nitrogens with two attached hydrogens (primary N) is 2. The van der Waals surface area contributed by atoms with Gasteiger partial charge in [-0.1, -0.05) is 28.1 Å². The molecule has 2 aromatic carbocycles. The minimum absolute atomic E-state index is 0.325. The maximum absolute atomic E-state index is 13.2. The lowest BCUT2D eigenvalue weighted by Crippen LogP contribution is -2.45. The SMILES string of the molecule is NC(N)=Nc1cc(C(=O)NCC(=O)NC(CC(=O)O)C(O)c2ccc(Br)cc2)cc(C(F)(F)F)c1. The van der Waals surface area contributed by atoms with Crippen molar-refractivity contribution in [3.05, 3.63) is 63.6 Å². The maximum atomic E-state index is 13.2. The van der Waals surface area contributed by atoms with Crippen LogP contribution in [0.3, 0.4) is 0 Å². The number of aliphatic hydroxyl groups is 1. The second-order valence-electron chi connectivity index (χ2n) is 7.25. The quantitative estimate of drug-likeness (QED) is 0.200. The van der Waals surface area contributed by atoms with E-state index < -0.39 is 66.2 Å². The minimum atomic E-state index is -4.80. The van der Waals surface area contributed by atoms with Gasteiger partial charge >= 0.3 is 12.1 Å². The normalized spacial score (nSPS) is 12.8. The fourth-order valence-electron chi connectivity index (χ4n) is 2.96. The van der Waals surface area contributed by atoms with Crippen LogP contribution in [-0.2, 0) is 15.8 Å². The number of carboxylic acids is 1. The molecule has 10 nitrogen and oxygen atoms in total. The lowest BCUT2D eigenvalue weighted by Gasteiger charge is -2.23. The largest absolute Gasteiger partial charge is 0.481 e. The molecule has 0 saturated heterocycles. The van der Waals surface area contributed by atoms with E-state index in [2.05, 4.69) is 31.6 Å². The molecular weight excluding hydrogens is 539 g/mol. The Kier molecular flexibility index (Phi) is 9.19. The van der Waals surface area contributed by atoms with Gasteiger partial charge in [-0.3, -0.25) is 14.4 Å². The number of rotatable bonds is 9. The van der Waals surface area contributed by atoms with Crippen LogP contribution < -0.4 is 22.1 Å². The summed E-state index contributed by atoms with van der Waals surface area (Å²) in [6, 6.07) is 7.23. The van der Waals surface area contributed by atoms with Gasteiger partial charge in [0.25, 0.3) is 5.91 Å². The molecule has 2 atom stereocenters. The van der Waals surface area contributed by atoms with E-state index in [4.69, 9.17) is 16.6 Å². The zero-order chi connectivity index (χ0) is 26.3. The first-order valence-electron chi connectivity index (χ1n) is 9.81. The van der Waals surface area contributed by atoms with Gasteiger partial charge < -0.3 is 32.3 Å². The molecule has 2 amide bonds. The summed E-state index contributed by atoms with van der Waals surface area (Å²) >= 11 is 3.23. The molecule has 2 aromatic rings. The number of alkyl halides is 3. The van der Waals surface area contributed by atoms with Crippen molar-refractivity contribution in [2.45, 2.75) is 24.7 Å². The molecule has 0 aromatic heterocycles. The lowest BCUT2D eigenvalue weighted by atomic mass is 9.99. The standard InChI is InChI=1S/C21H21BrF3N5O5/c22-13-3-1-10(2-4-13)18(34)15(8-17(32)33)30-16(31)9-28-19(35)11-5-12(21(23,24)25)7-14(6-11)29-20(26)27/h1-7,15,18,34H,8-9H2,(H,28,35)(H,30,31)(H,32,33)(H4,26,27,29). The molecule has 8 N–H and O–H groups in total. The van der Waals surface area contributed by atoms with Crippen molar-refractivity contribution < 1.29 is 37.8 Å². The third kappa shape index (κ3) is 8.57. The molecule has 0 aliphatic heterocycles. The number of carbonyl (C=O) groups is 3. The van der Waals surface area contributed by atoms with Crippen LogP contribution in [-0.4, -0.2) is 46.5 Å². The third-order valence-corrected chi connectivity index (χ3v) is 5.04. The highest BCUT2D eigenvalue weighted by Crippen LogP contribution is 2.32. The van der Waals surface area contributed by atoms with Gasteiger partial charge in [0.05, 0.1) is 36.4 Å². The van der Waals surface area contributed by atoms with E-state index in [1.165, 1.54) is 12.1 Å². The molecule has 0 aliphatic carbocycles. The Labute approximate surface area is 205 Å². The van der Waals surface area contributed by atoms with E-state index in [1.54, 1.807) is 12.1 Å². The van der Waals surface area contributed by atoms with E-state index in [1.807, 2.05) is 0 Å². The summed E-state index contributed by atoms with van der Waals surface area (Å²) < 4.78 is 40.2. The first kappa shape index (κ1) is 27.6. The van der Waals surface area contributed by atoms with Crippen molar-refractivity contribution in [1.29, 1.82) is 0 Å². The van der Waals surface area contributed by atoms with Gasteiger partial charge in [-0.05, 0) is 35.9 Å². The first-order valence-corrected chi connectivity index (χ1v) is 10.6. The van der Waals surface area contributed by atoms with Crippen LogP contribution in [0.2, 0.25) is 0 Å². The van der Waals surface area contributed by atoms with Crippen LogP contribution in [0.4, 0.5) is 18.9 Å². The Bertz CT molecular complexity index is 1120. The van der Waals surface area contributed by atoms with Crippen LogP contribution in [0.5, 0.6) is 0 Å². The number of aliphatic imine (C=N–C) groups is 1. The number of carbonyl (C=O) groups excluding carboxylic acids is 2. The monoisotopic (exact) mass is 559 g/mol. The molecule has 188 valence electrons. The summed E-state index contributed by atoms with van der Waals surface area (Å²) in [5, 5.41) is 24.1.